The largest absolute Gasteiger partial charge is 0.308 e. The first-order valence-electron chi connectivity index (χ1n) is 8.23. The second kappa shape index (κ2) is 6.90. The van der Waals surface area contributed by atoms with Crippen LogP contribution in [0.5, 0.6) is 0 Å². The number of rotatable bonds is 6. The van der Waals surface area contributed by atoms with Crippen molar-refractivity contribution in [3.63, 3.8) is 0 Å². The van der Waals surface area contributed by atoms with Gasteiger partial charge in [0, 0.05) is 6.20 Å². The Hall–Kier alpha value is -1.61. The fourth-order valence-corrected chi connectivity index (χ4v) is 3.44. The van der Waals surface area contributed by atoms with Gasteiger partial charge in [-0.3, -0.25) is 0 Å². The minimum Gasteiger partial charge on any atom is -0.308 e. The van der Waals surface area contributed by atoms with Crippen LogP contribution in [-0.4, -0.2) is 16.3 Å². The highest BCUT2D eigenvalue weighted by atomic mass is 15.3. The van der Waals surface area contributed by atoms with Gasteiger partial charge in [0.25, 0.3) is 0 Å². The van der Waals surface area contributed by atoms with Crippen LogP contribution in [-0.2, 0) is 0 Å². The van der Waals surface area contributed by atoms with Crippen LogP contribution in [0.3, 0.4) is 0 Å². The smallest absolute Gasteiger partial charge is 0.0649 e. The molecule has 0 radical (unpaired) electrons. The minimum absolute atomic E-state index is 0.426. The molecule has 1 aliphatic carbocycles. The minimum atomic E-state index is 0.426. The van der Waals surface area contributed by atoms with Crippen LogP contribution in [0.2, 0.25) is 0 Å². The second-order valence-electron chi connectivity index (χ2n) is 5.98. The van der Waals surface area contributed by atoms with Gasteiger partial charge in [0.05, 0.1) is 17.4 Å². The van der Waals surface area contributed by atoms with Crippen molar-refractivity contribution in [3.05, 3.63) is 48.3 Å². The van der Waals surface area contributed by atoms with E-state index in [1.54, 1.807) is 0 Å². The van der Waals surface area contributed by atoms with Gasteiger partial charge >= 0.3 is 0 Å². The van der Waals surface area contributed by atoms with Crippen LogP contribution in [0.4, 0.5) is 0 Å². The van der Waals surface area contributed by atoms with Crippen LogP contribution in [0.1, 0.15) is 50.8 Å². The lowest BCUT2D eigenvalue weighted by molar-refractivity contribution is 0.355. The molecule has 3 nitrogen and oxygen atoms in total. The lowest BCUT2D eigenvalue weighted by Crippen LogP contribution is -2.29. The van der Waals surface area contributed by atoms with Crippen LogP contribution in [0.25, 0.3) is 5.69 Å². The van der Waals surface area contributed by atoms with Gasteiger partial charge in [-0.1, -0.05) is 38.0 Å². The van der Waals surface area contributed by atoms with E-state index in [-0.39, 0.29) is 0 Å². The first kappa shape index (κ1) is 14.3. The van der Waals surface area contributed by atoms with Crippen molar-refractivity contribution in [2.45, 2.75) is 45.1 Å². The molecular weight excluding hydrogens is 258 g/mol. The molecule has 112 valence electrons. The van der Waals surface area contributed by atoms with E-state index in [0.717, 1.165) is 18.2 Å². The zero-order valence-electron chi connectivity index (χ0n) is 12.8. The second-order valence-corrected chi connectivity index (χ2v) is 5.98. The Morgan fingerprint density at radius 2 is 1.95 bits per heavy atom. The monoisotopic (exact) mass is 283 g/mol. The summed E-state index contributed by atoms with van der Waals surface area (Å²) in [5.41, 5.74) is 2.46. The molecule has 1 saturated carbocycles. The fourth-order valence-electron chi connectivity index (χ4n) is 3.44. The predicted octanol–water partition coefficient (Wildman–Crippen LogP) is 4.10. The van der Waals surface area contributed by atoms with Gasteiger partial charge in [-0.2, -0.15) is 5.10 Å². The Kier molecular flexibility index (Phi) is 4.71. The molecule has 0 saturated heterocycles. The molecule has 3 heteroatoms. The first-order chi connectivity index (χ1) is 10.4. The molecule has 1 heterocycles. The highest BCUT2D eigenvalue weighted by Crippen LogP contribution is 2.36. The zero-order chi connectivity index (χ0) is 14.5. The number of nitrogens with one attached hydrogen (secondary N) is 1. The van der Waals surface area contributed by atoms with Crippen molar-refractivity contribution < 1.29 is 0 Å². The van der Waals surface area contributed by atoms with Gasteiger partial charge in [0.2, 0.25) is 0 Å². The summed E-state index contributed by atoms with van der Waals surface area (Å²) in [6, 6.07) is 13.1. The maximum absolute atomic E-state index is 4.56. The summed E-state index contributed by atoms with van der Waals surface area (Å²) < 4.78 is 2.10. The van der Waals surface area contributed by atoms with Gasteiger partial charge in [0.1, 0.15) is 0 Å². The third-order valence-electron chi connectivity index (χ3n) is 4.48. The summed E-state index contributed by atoms with van der Waals surface area (Å²) in [5.74, 6) is 0.746. The number of benzene rings is 1. The highest BCUT2D eigenvalue weighted by molar-refractivity contribution is 5.33. The Morgan fingerprint density at radius 1 is 1.19 bits per heavy atom. The third-order valence-corrected chi connectivity index (χ3v) is 4.48. The van der Waals surface area contributed by atoms with Gasteiger partial charge in [0.15, 0.2) is 0 Å². The SMILES string of the molecule is CCCNC(c1ccnn1-c1ccccc1)C1CCCC1. The van der Waals surface area contributed by atoms with Gasteiger partial charge in [-0.05, 0) is 49.9 Å². The van der Waals surface area contributed by atoms with E-state index in [1.807, 2.05) is 6.20 Å². The van der Waals surface area contributed by atoms with Crippen LogP contribution in [0.15, 0.2) is 42.6 Å². The van der Waals surface area contributed by atoms with Crippen molar-refractivity contribution >= 4 is 0 Å². The van der Waals surface area contributed by atoms with E-state index in [1.165, 1.54) is 37.8 Å². The molecule has 2 aromatic rings. The molecule has 0 amide bonds. The maximum Gasteiger partial charge on any atom is 0.0649 e. The number of aromatic nitrogens is 2. The Balaban J connectivity index is 1.90. The summed E-state index contributed by atoms with van der Waals surface area (Å²) in [6.45, 7) is 3.30. The number of nitrogens with zero attached hydrogens (tertiary/aromatic N) is 2. The third kappa shape index (κ3) is 3.18. The van der Waals surface area contributed by atoms with Crippen molar-refractivity contribution in [1.82, 2.24) is 15.1 Å². The first-order valence-corrected chi connectivity index (χ1v) is 8.23. The van der Waals surface area contributed by atoms with Gasteiger partial charge in [-0.25, -0.2) is 4.68 Å². The molecule has 21 heavy (non-hydrogen) atoms. The molecule has 1 aromatic heterocycles. The molecule has 1 unspecified atom stereocenters. The van der Waals surface area contributed by atoms with E-state index in [0.29, 0.717) is 6.04 Å². The summed E-state index contributed by atoms with van der Waals surface area (Å²) >= 11 is 0. The predicted molar refractivity (Wildman–Crippen MR) is 86.6 cm³/mol. The van der Waals surface area contributed by atoms with E-state index >= 15 is 0 Å². The van der Waals surface area contributed by atoms with E-state index < -0.39 is 0 Å². The Labute approximate surface area is 127 Å². The molecule has 1 fully saturated rings. The maximum atomic E-state index is 4.56. The molecule has 1 aliphatic rings. The van der Waals surface area contributed by atoms with E-state index in [2.05, 4.69) is 58.4 Å². The summed E-state index contributed by atoms with van der Waals surface area (Å²) in [6.07, 6.45) is 8.51. The molecule has 1 N–H and O–H groups in total. The van der Waals surface area contributed by atoms with Crippen LogP contribution < -0.4 is 5.32 Å². The van der Waals surface area contributed by atoms with Crippen LogP contribution in [0, 0.1) is 5.92 Å². The van der Waals surface area contributed by atoms with Crippen molar-refractivity contribution in [2.75, 3.05) is 6.54 Å². The quantitative estimate of drug-likeness (QED) is 0.865. The van der Waals surface area contributed by atoms with Gasteiger partial charge < -0.3 is 5.32 Å². The Bertz CT molecular complexity index is 541. The zero-order valence-corrected chi connectivity index (χ0v) is 12.8. The average molecular weight is 283 g/mol. The molecule has 1 atom stereocenters. The summed E-state index contributed by atoms with van der Waals surface area (Å²) in [5, 5.41) is 8.33. The Morgan fingerprint density at radius 3 is 2.67 bits per heavy atom. The summed E-state index contributed by atoms with van der Waals surface area (Å²) in [7, 11) is 0. The molecule has 0 spiro atoms. The topological polar surface area (TPSA) is 29.9 Å². The lowest BCUT2D eigenvalue weighted by atomic mass is 9.95. The van der Waals surface area contributed by atoms with Crippen LogP contribution >= 0.6 is 0 Å². The standard InChI is InChI=1S/C18H25N3/c1-2-13-19-18(15-8-6-7-9-15)17-12-14-20-21(17)16-10-4-3-5-11-16/h3-5,10-12,14-15,18-19H,2,6-9,13H2,1H3. The summed E-state index contributed by atoms with van der Waals surface area (Å²) in [4.78, 5) is 0. The average Bonchev–Trinajstić information content (AvgIpc) is 3.20. The van der Waals surface area contributed by atoms with Gasteiger partial charge in [-0.15, -0.1) is 0 Å². The van der Waals surface area contributed by atoms with E-state index in [9.17, 15) is 0 Å². The molecule has 1 aromatic carbocycles. The van der Waals surface area contributed by atoms with Crippen molar-refractivity contribution in [2.24, 2.45) is 5.92 Å². The molecule has 0 aliphatic heterocycles. The number of para-hydroxylation sites is 1. The molecule has 0 bridgehead atoms. The van der Waals surface area contributed by atoms with Crippen molar-refractivity contribution in [1.29, 1.82) is 0 Å². The molecule has 3 rings (SSSR count). The number of hydrogen-bond acceptors (Lipinski definition) is 2. The highest BCUT2D eigenvalue weighted by Gasteiger charge is 2.28. The molecular formula is C18H25N3. The normalized spacial score (nSPS) is 17.2. The lowest BCUT2D eigenvalue weighted by Gasteiger charge is -2.25. The number of hydrogen-bond donors (Lipinski definition) is 1. The van der Waals surface area contributed by atoms with Crippen molar-refractivity contribution in [3.8, 4) is 5.69 Å². The van der Waals surface area contributed by atoms with E-state index in [4.69, 9.17) is 0 Å². The fraction of sp³-hybridized carbons (Fsp3) is 0.500.